The number of nitrogens with zero attached hydrogens (tertiary/aromatic N) is 1. The largest absolute Gasteiger partial charge is 0.422 e. The van der Waals surface area contributed by atoms with Crippen molar-refractivity contribution in [1.82, 2.24) is 4.90 Å². The third kappa shape index (κ3) is 4.06. The predicted molar refractivity (Wildman–Crippen MR) is 111 cm³/mol. The fourth-order valence-corrected chi connectivity index (χ4v) is 5.49. The van der Waals surface area contributed by atoms with Crippen LogP contribution in [-0.4, -0.2) is 36.8 Å². The zero-order chi connectivity index (χ0) is 20.6. The van der Waals surface area contributed by atoms with Crippen LogP contribution in [0, 0.1) is 0 Å². The van der Waals surface area contributed by atoms with Crippen LogP contribution in [0.2, 0.25) is 5.02 Å². The van der Waals surface area contributed by atoms with E-state index in [9.17, 15) is 18.0 Å². The van der Waals surface area contributed by atoms with Gasteiger partial charge in [0, 0.05) is 23.0 Å². The summed E-state index contributed by atoms with van der Waals surface area (Å²) in [5.74, 6) is -0.690. The van der Waals surface area contributed by atoms with Crippen LogP contribution in [0.3, 0.4) is 0 Å². The normalized spacial score (nSPS) is 18.0. The molecule has 1 amide bonds. The standard InChI is InChI=1S/C21H18ClNO5S/c22-18-7-3-1-6-15(18)12-23(16-9-10-29(26,27)13-16)20(24)17-11-14-5-2-4-8-19(14)28-21(17)25/h1-8,11,16H,9-10,12-13H2/t16-/m1/s1. The van der Waals surface area contributed by atoms with Crippen molar-refractivity contribution in [1.29, 1.82) is 0 Å². The second kappa shape index (κ2) is 7.65. The summed E-state index contributed by atoms with van der Waals surface area (Å²) < 4.78 is 29.3. The number of fused-ring (bicyclic) bond motifs is 1. The Morgan fingerprint density at radius 2 is 1.86 bits per heavy atom. The lowest BCUT2D eigenvalue weighted by molar-refractivity contribution is 0.0677. The third-order valence-electron chi connectivity index (χ3n) is 5.08. The molecule has 0 radical (unpaired) electrons. The molecule has 3 aromatic rings. The van der Waals surface area contributed by atoms with Crippen LogP contribution in [0.4, 0.5) is 0 Å². The van der Waals surface area contributed by atoms with Crippen LogP contribution in [0.5, 0.6) is 0 Å². The molecule has 1 aliphatic rings. The van der Waals surface area contributed by atoms with E-state index in [0.29, 0.717) is 28.0 Å². The molecule has 0 N–H and O–H groups in total. The summed E-state index contributed by atoms with van der Waals surface area (Å²) in [6.45, 7) is 0.102. The van der Waals surface area contributed by atoms with E-state index in [2.05, 4.69) is 0 Å². The lowest BCUT2D eigenvalue weighted by Crippen LogP contribution is -2.42. The van der Waals surface area contributed by atoms with Crippen LogP contribution in [-0.2, 0) is 16.4 Å². The first kappa shape index (κ1) is 19.7. The SMILES string of the molecule is O=C(c1cc2ccccc2oc1=O)N(Cc1ccccc1Cl)[C@@H]1CCS(=O)(=O)C1. The molecule has 0 unspecified atom stereocenters. The van der Waals surface area contributed by atoms with Gasteiger partial charge >= 0.3 is 5.63 Å². The van der Waals surface area contributed by atoms with Gasteiger partial charge in [0.1, 0.15) is 11.1 Å². The number of hydrogen-bond acceptors (Lipinski definition) is 5. The van der Waals surface area contributed by atoms with Crippen molar-refractivity contribution >= 4 is 38.3 Å². The number of sulfone groups is 1. The van der Waals surface area contributed by atoms with Gasteiger partial charge in [-0.1, -0.05) is 48.0 Å². The fourth-order valence-electron chi connectivity index (χ4n) is 3.56. The molecule has 0 aliphatic carbocycles. The van der Waals surface area contributed by atoms with E-state index in [0.717, 1.165) is 0 Å². The van der Waals surface area contributed by atoms with Crippen LogP contribution in [0.25, 0.3) is 11.0 Å². The molecule has 4 rings (SSSR count). The van der Waals surface area contributed by atoms with E-state index < -0.39 is 27.4 Å². The topological polar surface area (TPSA) is 84.7 Å². The van der Waals surface area contributed by atoms with Gasteiger partial charge in [-0.05, 0) is 30.2 Å². The van der Waals surface area contributed by atoms with Gasteiger partial charge in [0.25, 0.3) is 5.91 Å². The maximum Gasteiger partial charge on any atom is 0.349 e. The Balaban J connectivity index is 1.76. The minimum Gasteiger partial charge on any atom is -0.422 e. The summed E-state index contributed by atoms with van der Waals surface area (Å²) in [4.78, 5) is 27.3. The Morgan fingerprint density at radius 3 is 2.59 bits per heavy atom. The monoisotopic (exact) mass is 431 g/mol. The van der Waals surface area contributed by atoms with E-state index in [1.807, 2.05) is 0 Å². The highest BCUT2D eigenvalue weighted by Crippen LogP contribution is 2.25. The number of halogens is 1. The van der Waals surface area contributed by atoms with E-state index in [1.165, 1.54) is 11.0 Å². The Bertz CT molecular complexity index is 1250. The van der Waals surface area contributed by atoms with E-state index in [4.69, 9.17) is 16.0 Å². The Hall–Kier alpha value is -2.64. The van der Waals surface area contributed by atoms with Crippen molar-refractivity contribution < 1.29 is 17.6 Å². The second-order valence-corrected chi connectivity index (χ2v) is 9.70. The van der Waals surface area contributed by atoms with Gasteiger partial charge < -0.3 is 9.32 Å². The molecule has 2 heterocycles. The molecule has 1 saturated heterocycles. The summed E-state index contributed by atoms with van der Waals surface area (Å²) >= 11 is 6.25. The average Bonchev–Trinajstić information content (AvgIpc) is 3.05. The molecule has 0 saturated carbocycles. The third-order valence-corrected chi connectivity index (χ3v) is 7.20. The number of rotatable bonds is 4. The maximum atomic E-state index is 13.4. The number of carbonyl (C=O) groups excluding carboxylic acids is 1. The number of hydrogen-bond donors (Lipinski definition) is 0. The first-order valence-corrected chi connectivity index (χ1v) is 11.3. The van der Waals surface area contributed by atoms with E-state index in [-0.39, 0.29) is 23.6 Å². The van der Waals surface area contributed by atoms with Gasteiger partial charge in [-0.15, -0.1) is 0 Å². The summed E-state index contributed by atoms with van der Waals surface area (Å²) in [5.41, 5.74) is 0.186. The fraction of sp³-hybridized carbons (Fsp3) is 0.238. The Labute approximate surface area is 172 Å². The van der Waals surface area contributed by atoms with Gasteiger partial charge in [-0.25, -0.2) is 13.2 Å². The van der Waals surface area contributed by atoms with Gasteiger partial charge in [0.15, 0.2) is 9.84 Å². The molecule has 29 heavy (non-hydrogen) atoms. The number of para-hydroxylation sites is 1. The molecule has 1 aromatic heterocycles. The summed E-state index contributed by atoms with van der Waals surface area (Å²) in [6.07, 6.45) is 0.317. The van der Waals surface area contributed by atoms with Gasteiger partial charge in [0.2, 0.25) is 0 Å². The number of benzene rings is 2. The van der Waals surface area contributed by atoms with Crippen molar-refractivity contribution in [2.24, 2.45) is 0 Å². The van der Waals surface area contributed by atoms with Crippen molar-refractivity contribution in [3.8, 4) is 0 Å². The minimum absolute atomic E-state index is 0.0102. The summed E-state index contributed by atoms with van der Waals surface area (Å²) in [7, 11) is -3.23. The molecule has 8 heteroatoms. The van der Waals surface area contributed by atoms with Crippen molar-refractivity contribution in [3.05, 3.63) is 81.2 Å². The average molecular weight is 432 g/mol. The lowest BCUT2D eigenvalue weighted by atomic mass is 10.1. The van der Waals surface area contributed by atoms with Crippen molar-refractivity contribution in [2.75, 3.05) is 11.5 Å². The molecule has 1 atom stereocenters. The maximum absolute atomic E-state index is 13.4. The number of amides is 1. The molecule has 2 aromatic carbocycles. The quantitative estimate of drug-likeness (QED) is 0.592. The molecule has 0 bridgehead atoms. The highest BCUT2D eigenvalue weighted by atomic mass is 35.5. The molecule has 6 nitrogen and oxygen atoms in total. The van der Waals surface area contributed by atoms with Gasteiger partial charge in [-0.2, -0.15) is 0 Å². The smallest absolute Gasteiger partial charge is 0.349 e. The summed E-state index contributed by atoms with van der Waals surface area (Å²) in [5, 5.41) is 1.09. The van der Waals surface area contributed by atoms with Crippen LogP contribution >= 0.6 is 11.6 Å². The first-order valence-electron chi connectivity index (χ1n) is 9.12. The molecule has 0 spiro atoms. The van der Waals surface area contributed by atoms with Crippen LogP contribution in [0.1, 0.15) is 22.3 Å². The van der Waals surface area contributed by atoms with Crippen molar-refractivity contribution in [2.45, 2.75) is 19.0 Å². The Kier molecular flexibility index (Phi) is 5.19. The van der Waals surface area contributed by atoms with Gasteiger partial charge in [-0.3, -0.25) is 4.79 Å². The van der Waals surface area contributed by atoms with Crippen LogP contribution in [0.15, 0.2) is 63.8 Å². The second-order valence-electron chi connectivity index (χ2n) is 7.07. The minimum atomic E-state index is -3.23. The zero-order valence-electron chi connectivity index (χ0n) is 15.4. The highest BCUT2D eigenvalue weighted by molar-refractivity contribution is 7.91. The van der Waals surface area contributed by atoms with Gasteiger partial charge in [0.05, 0.1) is 11.5 Å². The number of carbonyl (C=O) groups is 1. The first-order chi connectivity index (χ1) is 13.8. The molecule has 1 aliphatic heterocycles. The van der Waals surface area contributed by atoms with Crippen molar-refractivity contribution in [3.63, 3.8) is 0 Å². The molecular formula is C21H18ClNO5S. The lowest BCUT2D eigenvalue weighted by Gasteiger charge is -2.28. The molecule has 1 fully saturated rings. The van der Waals surface area contributed by atoms with E-state index in [1.54, 1.807) is 48.5 Å². The predicted octanol–water partition coefficient (Wildman–Crippen LogP) is 3.28. The molecular weight excluding hydrogens is 414 g/mol. The Morgan fingerprint density at radius 1 is 1.14 bits per heavy atom. The van der Waals surface area contributed by atoms with E-state index >= 15 is 0 Å². The summed E-state index contributed by atoms with van der Waals surface area (Å²) in [6, 6.07) is 14.9. The molecule has 150 valence electrons. The zero-order valence-corrected chi connectivity index (χ0v) is 16.9. The highest BCUT2D eigenvalue weighted by Gasteiger charge is 2.36. The van der Waals surface area contributed by atoms with Crippen LogP contribution < -0.4 is 5.63 Å².